The Balaban J connectivity index is 2.15. The molecule has 1 aromatic carbocycles. The molecule has 1 aliphatic rings. The lowest BCUT2D eigenvalue weighted by molar-refractivity contribution is 0.153. The van der Waals surface area contributed by atoms with Crippen LogP contribution in [0.4, 0.5) is 5.69 Å². The van der Waals surface area contributed by atoms with E-state index < -0.39 is 0 Å². The summed E-state index contributed by atoms with van der Waals surface area (Å²) in [6, 6.07) is 6.51. The molecule has 0 saturated carbocycles. The second kappa shape index (κ2) is 6.61. The van der Waals surface area contributed by atoms with Gasteiger partial charge in [-0.2, -0.15) is 0 Å². The van der Waals surface area contributed by atoms with Gasteiger partial charge in [0.2, 0.25) is 0 Å². The fraction of sp³-hybridized carbons (Fsp3) is 0.467. The molecule has 20 heavy (non-hydrogen) atoms. The quantitative estimate of drug-likeness (QED) is 0.886. The first-order valence-electron chi connectivity index (χ1n) is 6.82. The van der Waals surface area contributed by atoms with Crippen LogP contribution in [-0.4, -0.2) is 25.3 Å². The van der Waals surface area contributed by atoms with Gasteiger partial charge in [0.15, 0.2) is 0 Å². The molecular formula is C15H22BrN3O. The lowest BCUT2D eigenvalue weighted by Gasteiger charge is -2.25. The molecule has 0 spiro atoms. The van der Waals surface area contributed by atoms with E-state index in [1.54, 1.807) is 7.11 Å². The normalized spacial score (nSPS) is 15.2. The molecule has 1 N–H and O–H groups in total. The summed E-state index contributed by atoms with van der Waals surface area (Å²) < 4.78 is 6.20. The second-order valence-electron chi connectivity index (χ2n) is 5.26. The highest BCUT2D eigenvalue weighted by atomic mass is 79.9. The summed E-state index contributed by atoms with van der Waals surface area (Å²) in [6.45, 7) is 7.99. The van der Waals surface area contributed by atoms with Gasteiger partial charge in [-0.3, -0.25) is 10.0 Å². The number of hydrogen-bond donors (Lipinski definition) is 1. The summed E-state index contributed by atoms with van der Waals surface area (Å²) in [7, 11) is 1.71. The summed E-state index contributed by atoms with van der Waals surface area (Å²) in [5.74, 6) is 0.529. The fourth-order valence-corrected chi connectivity index (χ4v) is 2.70. The number of hydrogen-bond acceptors (Lipinski definition) is 4. The Morgan fingerprint density at radius 2 is 2.10 bits per heavy atom. The van der Waals surface area contributed by atoms with Gasteiger partial charge < -0.3 is 4.74 Å². The third-order valence-electron chi connectivity index (χ3n) is 3.34. The van der Waals surface area contributed by atoms with E-state index in [-0.39, 0.29) is 0 Å². The van der Waals surface area contributed by atoms with E-state index in [1.165, 1.54) is 5.56 Å². The van der Waals surface area contributed by atoms with Crippen molar-refractivity contribution in [3.63, 3.8) is 0 Å². The van der Waals surface area contributed by atoms with Crippen LogP contribution in [0.3, 0.4) is 0 Å². The van der Waals surface area contributed by atoms with Crippen molar-refractivity contribution in [2.75, 3.05) is 25.3 Å². The zero-order chi connectivity index (χ0) is 14.7. The number of anilines is 1. The Morgan fingerprint density at radius 1 is 1.35 bits per heavy atom. The first-order valence-corrected chi connectivity index (χ1v) is 7.62. The van der Waals surface area contributed by atoms with Gasteiger partial charge in [-0.05, 0) is 46.5 Å². The van der Waals surface area contributed by atoms with Crippen molar-refractivity contribution in [1.29, 1.82) is 0 Å². The van der Waals surface area contributed by atoms with E-state index in [0.717, 1.165) is 22.4 Å². The third kappa shape index (κ3) is 3.34. The highest BCUT2D eigenvalue weighted by Crippen LogP contribution is 2.32. The van der Waals surface area contributed by atoms with Crippen LogP contribution in [0.25, 0.3) is 0 Å². The van der Waals surface area contributed by atoms with Crippen LogP contribution in [0.2, 0.25) is 0 Å². The molecule has 1 aromatic rings. The summed E-state index contributed by atoms with van der Waals surface area (Å²) >= 11 is 3.67. The maximum Gasteiger partial charge on any atom is 0.0734 e. The number of benzene rings is 1. The molecule has 1 heterocycles. The number of ether oxygens (including phenoxy) is 1. The largest absolute Gasteiger partial charge is 0.383 e. The van der Waals surface area contributed by atoms with Crippen molar-refractivity contribution < 1.29 is 4.74 Å². The van der Waals surface area contributed by atoms with Gasteiger partial charge in [-0.1, -0.05) is 19.9 Å². The second-order valence-corrected chi connectivity index (χ2v) is 6.11. The van der Waals surface area contributed by atoms with Crippen molar-refractivity contribution >= 4 is 21.6 Å². The van der Waals surface area contributed by atoms with Gasteiger partial charge in [0.05, 0.1) is 24.5 Å². The minimum absolute atomic E-state index is 0.529. The molecule has 0 fully saturated rings. The maximum absolute atomic E-state index is 5.11. The summed E-state index contributed by atoms with van der Waals surface area (Å²) in [6.07, 6.45) is 2.09. The minimum Gasteiger partial charge on any atom is -0.383 e. The zero-order valence-electron chi connectivity index (χ0n) is 12.5. The molecule has 4 nitrogen and oxygen atoms in total. The smallest absolute Gasteiger partial charge is 0.0734 e. The van der Waals surface area contributed by atoms with Crippen molar-refractivity contribution in [3.05, 3.63) is 40.1 Å². The Labute approximate surface area is 129 Å². The molecule has 110 valence electrons. The average Bonchev–Trinajstić information content (AvgIpc) is 2.77. The standard InChI is InChI=1S/C15H22BrN3O/c1-11(2)13-5-6-15(14(16)9-13)19-12(3)10-18(17-19)7-8-20-4/h5-6,9-11,17H,7-8H2,1-4H3. The number of halogens is 1. The summed E-state index contributed by atoms with van der Waals surface area (Å²) in [4.78, 5) is 0. The zero-order valence-corrected chi connectivity index (χ0v) is 14.1. The minimum atomic E-state index is 0.529. The van der Waals surface area contributed by atoms with E-state index in [1.807, 2.05) is 5.01 Å². The van der Waals surface area contributed by atoms with Gasteiger partial charge in [0.25, 0.3) is 0 Å². The van der Waals surface area contributed by atoms with Crippen LogP contribution in [0, 0.1) is 0 Å². The van der Waals surface area contributed by atoms with Crippen LogP contribution >= 0.6 is 15.9 Å². The molecular weight excluding hydrogens is 318 g/mol. The van der Waals surface area contributed by atoms with E-state index in [2.05, 4.69) is 71.6 Å². The van der Waals surface area contributed by atoms with E-state index in [4.69, 9.17) is 4.74 Å². The lowest BCUT2D eigenvalue weighted by Crippen LogP contribution is -2.41. The maximum atomic E-state index is 5.11. The van der Waals surface area contributed by atoms with Gasteiger partial charge in [-0.25, -0.2) is 0 Å². The first-order chi connectivity index (χ1) is 9.52. The third-order valence-corrected chi connectivity index (χ3v) is 3.97. The van der Waals surface area contributed by atoms with Crippen LogP contribution in [0.1, 0.15) is 32.3 Å². The number of allylic oxidation sites excluding steroid dienone is 1. The van der Waals surface area contributed by atoms with Gasteiger partial charge >= 0.3 is 0 Å². The van der Waals surface area contributed by atoms with E-state index in [0.29, 0.717) is 12.5 Å². The topological polar surface area (TPSA) is 27.7 Å². The molecule has 0 aliphatic carbocycles. The molecule has 0 atom stereocenters. The van der Waals surface area contributed by atoms with Crippen LogP contribution in [0.15, 0.2) is 34.6 Å². The van der Waals surface area contributed by atoms with Crippen LogP contribution in [0.5, 0.6) is 0 Å². The average molecular weight is 340 g/mol. The Bertz CT molecular complexity index is 502. The molecule has 0 unspecified atom stereocenters. The van der Waals surface area contributed by atoms with Crippen molar-refractivity contribution in [3.8, 4) is 0 Å². The first kappa shape index (κ1) is 15.4. The molecule has 1 aliphatic heterocycles. The number of methoxy groups -OCH3 is 1. The molecule has 0 bridgehead atoms. The van der Waals surface area contributed by atoms with Crippen LogP contribution < -0.4 is 10.5 Å². The van der Waals surface area contributed by atoms with Gasteiger partial charge in [0.1, 0.15) is 0 Å². The number of nitrogens with zero attached hydrogens (tertiary/aromatic N) is 2. The van der Waals surface area contributed by atoms with Crippen molar-refractivity contribution in [2.45, 2.75) is 26.7 Å². The molecule has 0 aromatic heterocycles. The lowest BCUT2D eigenvalue weighted by atomic mass is 10.0. The van der Waals surface area contributed by atoms with Crippen LogP contribution in [-0.2, 0) is 4.74 Å². The highest BCUT2D eigenvalue weighted by Gasteiger charge is 2.20. The summed E-state index contributed by atoms with van der Waals surface area (Å²) in [5, 5.41) is 4.10. The Morgan fingerprint density at radius 3 is 2.70 bits per heavy atom. The Hall–Kier alpha value is -1.04. The monoisotopic (exact) mass is 339 g/mol. The Kier molecular flexibility index (Phi) is 5.07. The molecule has 2 rings (SSSR count). The molecule has 5 heteroatoms. The molecule has 0 amide bonds. The van der Waals surface area contributed by atoms with Crippen molar-refractivity contribution in [1.82, 2.24) is 10.5 Å². The number of rotatable bonds is 5. The van der Waals surface area contributed by atoms with E-state index >= 15 is 0 Å². The molecule has 0 radical (unpaired) electrons. The summed E-state index contributed by atoms with van der Waals surface area (Å²) in [5.41, 5.74) is 6.94. The predicted molar refractivity (Wildman–Crippen MR) is 86.2 cm³/mol. The van der Waals surface area contributed by atoms with Gasteiger partial charge in [-0.15, -0.1) is 5.53 Å². The van der Waals surface area contributed by atoms with Gasteiger partial charge in [0, 0.05) is 17.8 Å². The van der Waals surface area contributed by atoms with E-state index in [9.17, 15) is 0 Å². The number of nitrogens with one attached hydrogen (secondary N) is 1. The SMILES string of the molecule is COCCN1C=C(C)N(c2ccc(C(C)C)cc2Br)N1. The van der Waals surface area contributed by atoms with Crippen molar-refractivity contribution in [2.24, 2.45) is 0 Å². The highest BCUT2D eigenvalue weighted by molar-refractivity contribution is 9.10. The predicted octanol–water partition coefficient (Wildman–Crippen LogP) is 3.62. The molecule has 0 saturated heterocycles. The number of hydrazine groups is 2. The fourth-order valence-electron chi connectivity index (χ4n) is 2.13.